The molecule has 1 aromatic carbocycles. The Morgan fingerprint density at radius 2 is 1.80 bits per heavy atom. The number of carbonyl (C=O) groups is 3. The minimum absolute atomic E-state index is 0.311. The van der Waals surface area contributed by atoms with E-state index in [0.717, 1.165) is 18.2 Å². The predicted molar refractivity (Wildman–Crippen MR) is 83.7 cm³/mol. The van der Waals surface area contributed by atoms with Crippen LogP contribution in [0.5, 0.6) is 0 Å². The van der Waals surface area contributed by atoms with Crippen LogP contribution in [0.15, 0.2) is 36.5 Å². The lowest BCUT2D eigenvalue weighted by Crippen LogP contribution is -2.43. The maximum absolute atomic E-state index is 14.1. The first kappa shape index (κ1) is 16.8. The highest BCUT2D eigenvalue weighted by molar-refractivity contribution is 6.11. The molecule has 1 saturated heterocycles. The molecule has 0 saturated carbocycles. The summed E-state index contributed by atoms with van der Waals surface area (Å²) in [6.07, 6.45) is 1.65. The lowest BCUT2D eigenvalue weighted by atomic mass is 9.91. The van der Waals surface area contributed by atoms with Crippen LogP contribution in [0.2, 0.25) is 0 Å². The number of urea groups is 1. The molecule has 0 radical (unpaired) electrons. The van der Waals surface area contributed by atoms with Gasteiger partial charge in [0.25, 0.3) is 5.91 Å². The summed E-state index contributed by atoms with van der Waals surface area (Å²) < 4.78 is 29.7. The van der Waals surface area contributed by atoms with Crippen LogP contribution < -0.4 is 5.32 Å². The predicted octanol–water partition coefficient (Wildman–Crippen LogP) is 1.95. The summed E-state index contributed by atoms with van der Waals surface area (Å²) in [6, 6.07) is 5.49. The van der Waals surface area contributed by atoms with Crippen molar-refractivity contribution in [2.24, 2.45) is 7.05 Å². The van der Waals surface area contributed by atoms with Crippen molar-refractivity contribution in [3.8, 4) is 0 Å². The number of Topliss-reactive ketones (excluding diaryl/α,β-unsaturated/α-hetero) is 1. The van der Waals surface area contributed by atoms with Crippen molar-refractivity contribution in [1.29, 1.82) is 0 Å². The SMILES string of the molecule is Cn1cccc1C(=O)CN1C(=O)N[C@](C)(c2c(F)cccc2F)C1=O. The molecule has 3 rings (SSSR count). The fourth-order valence-electron chi connectivity index (χ4n) is 2.96. The Labute approximate surface area is 142 Å². The lowest BCUT2D eigenvalue weighted by Gasteiger charge is -2.23. The minimum Gasteiger partial charge on any atom is -0.348 e. The van der Waals surface area contributed by atoms with Crippen LogP contribution in [-0.2, 0) is 17.4 Å². The van der Waals surface area contributed by atoms with Crippen molar-refractivity contribution in [2.45, 2.75) is 12.5 Å². The normalized spacial score (nSPS) is 20.1. The molecule has 3 amide bonds. The van der Waals surface area contributed by atoms with Gasteiger partial charge in [-0.15, -0.1) is 0 Å². The maximum Gasteiger partial charge on any atom is 0.325 e. The van der Waals surface area contributed by atoms with Crippen molar-refractivity contribution in [3.05, 3.63) is 59.4 Å². The summed E-state index contributed by atoms with van der Waals surface area (Å²) in [5, 5.41) is 2.29. The number of hydrogen-bond donors (Lipinski definition) is 1. The zero-order chi connectivity index (χ0) is 18.4. The van der Waals surface area contributed by atoms with E-state index in [-0.39, 0.29) is 0 Å². The number of aromatic nitrogens is 1. The quantitative estimate of drug-likeness (QED) is 0.679. The van der Waals surface area contributed by atoms with Gasteiger partial charge in [-0.25, -0.2) is 13.6 Å². The zero-order valence-electron chi connectivity index (χ0n) is 13.5. The Kier molecular flexibility index (Phi) is 3.90. The summed E-state index contributed by atoms with van der Waals surface area (Å²) in [5.41, 5.74) is -2.16. The van der Waals surface area contributed by atoms with Crippen LogP contribution in [0.25, 0.3) is 0 Å². The highest BCUT2D eigenvalue weighted by atomic mass is 19.1. The lowest BCUT2D eigenvalue weighted by molar-refractivity contribution is -0.130. The van der Waals surface area contributed by atoms with Crippen LogP contribution in [0.4, 0.5) is 13.6 Å². The van der Waals surface area contributed by atoms with Gasteiger partial charge in [0.15, 0.2) is 5.78 Å². The number of benzene rings is 1. The van der Waals surface area contributed by atoms with Crippen molar-refractivity contribution >= 4 is 17.7 Å². The number of ketones is 1. The Balaban J connectivity index is 1.93. The van der Waals surface area contributed by atoms with Gasteiger partial charge < -0.3 is 9.88 Å². The standard InChI is InChI=1S/C17H15F2N3O3/c1-17(14-10(18)5-3-6-11(14)19)15(24)22(16(25)20-17)9-13(23)12-7-4-8-21(12)2/h3-8H,9H2,1-2H3,(H,20,25)/t17-/m1/s1. The third-order valence-electron chi connectivity index (χ3n) is 4.27. The summed E-state index contributed by atoms with van der Waals surface area (Å²) in [4.78, 5) is 37.8. The van der Waals surface area contributed by atoms with E-state index in [0.29, 0.717) is 10.6 Å². The Morgan fingerprint density at radius 3 is 2.36 bits per heavy atom. The second-order valence-electron chi connectivity index (χ2n) is 5.97. The number of hydrogen-bond acceptors (Lipinski definition) is 3. The van der Waals surface area contributed by atoms with E-state index in [4.69, 9.17) is 0 Å². The third-order valence-corrected chi connectivity index (χ3v) is 4.27. The first-order valence-electron chi connectivity index (χ1n) is 7.49. The number of rotatable bonds is 4. The van der Waals surface area contributed by atoms with Crippen LogP contribution in [0, 0.1) is 11.6 Å². The van der Waals surface area contributed by atoms with E-state index < -0.39 is 47.0 Å². The molecule has 0 aliphatic carbocycles. The smallest absolute Gasteiger partial charge is 0.325 e. The molecule has 1 atom stereocenters. The number of nitrogens with one attached hydrogen (secondary N) is 1. The van der Waals surface area contributed by atoms with E-state index in [1.165, 1.54) is 6.92 Å². The molecular weight excluding hydrogens is 332 g/mol. The second-order valence-corrected chi connectivity index (χ2v) is 5.97. The molecule has 2 aromatic rings. The molecule has 1 aliphatic heterocycles. The second kappa shape index (κ2) is 5.80. The molecule has 1 fully saturated rings. The highest BCUT2D eigenvalue weighted by Crippen LogP contribution is 2.32. The number of nitrogens with zero attached hydrogens (tertiary/aromatic N) is 2. The van der Waals surface area contributed by atoms with Crippen molar-refractivity contribution in [3.63, 3.8) is 0 Å². The molecule has 25 heavy (non-hydrogen) atoms. The van der Waals surface area contributed by atoms with Crippen molar-refractivity contribution in [2.75, 3.05) is 6.54 Å². The Hall–Kier alpha value is -3.03. The first-order valence-corrected chi connectivity index (χ1v) is 7.49. The van der Waals surface area contributed by atoms with Gasteiger partial charge in [0.1, 0.15) is 17.2 Å². The number of halogens is 2. The first-order chi connectivity index (χ1) is 11.8. The molecule has 1 aliphatic rings. The molecule has 6 nitrogen and oxygen atoms in total. The van der Waals surface area contributed by atoms with E-state index in [1.54, 1.807) is 29.9 Å². The fraction of sp³-hybridized carbons (Fsp3) is 0.235. The summed E-state index contributed by atoms with van der Waals surface area (Å²) in [5.74, 6) is -3.25. The fourth-order valence-corrected chi connectivity index (χ4v) is 2.96. The molecule has 0 spiro atoms. The molecule has 1 aromatic heterocycles. The van der Waals surface area contributed by atoms with Crippen LogP contribution in [0.3, 0.4) is 0 Å². The zero-order valence-corrected chi connectivity index (χ0v) is 13.5. The van der Waals surface area contributed by atoms with Crippen LogP contribution in [0.1, 0.15) is 23.0 Å². The topological polar surface area (TPSA) is 71.4 Å². The van der Waals surface area contributed by atoms with Gasteiger partial charge in [-0.2, -0.15) is 0 Å². The number of imide groups is 1. The average molecular weight is 347 g/mol. The van der Waals surface area contributed by atoms with Crippen LogP contribution in [-0.4, -0.2) is 33.7 Å². The molecule has 0 bridgehead atoms. The number of aryl methyl sites for hydroxylation is 1. The molecule has 0 unspecified atom stereocenters. The Bertz CT molecular complexity index is 873. The van der Waals surface area contributed by atoms with Crippen LogP contribution >= 0.6 is 0 Å². The van der Waals surface area contributed by atoms with E-state index in [1.807, 2.05) is 0 Å². The largest absolute Gasteiger partial charge is 0.348 e. The minimum atomic E-state index is -1.92. The van der Waals surface area contributed by atoms with Gasteiger partial charge in [0.2, 0.25) is 0 Å². The summed E-state index contributed by atoms with van der Waals surface area (Å²) >= 11 is 0. The number of amides is 3. The summed E-state index contributed by atoms with van der Waals surface area (Å²) in [6.45, 7) is 0.690. The molecule has 2 heterocycles. The van der Waals surface area contributed by atoms with Gasteiger partial charge in [0.05, 0.1) is 17.8 Å². The molecule has 8 heteroatoms. The monoisotopic (exact) mass is 347 g/mol. The third kappa shape index (κ3) is 2.59. The maximum atomic E-state index is 14.1. The van der Waals surface area contributed by atoms with Gasteiger partial charge in [-0.3, -0.25) is 14.5 Å². The Morgan fingerprint density at radius 1 is 1.16 bits per heavy atom. The average Bonchev–Trinajstić information content (AvgIpc) is 3.05. The van der Waals surface area contributed by atoms with Gasteiger partial charge in [0, 0.05) is 13.2 Å². The van der Waals surface area contributed by atoms with Gasteiger partial charge in [-0.1, -0.05) is 6.07 Å². The van der Waals surface area contributed by atoms with Gasteiger partial charge >= 0.3 is 6.03 Å². The number of carbonyl (C=O) groups excluding carboxylic acids is 3. The molecular formula is C17H15F2N3O3. The molecule has 1 N–H and O–H groups in total. The van der Waals surface area contributed by atoms with Crippen molar-refractivity contribution < 1.29 is 23.2 Å². The van der Waals surface area contributed by atoms with Gasteiger partial charge in [-0.05, 0) is 31.2 Å². The molecule has 130 valence electrons. The van der Waals surface area contributed by atoms with E-state index in [2.05, 4.69) is 5.32 Å². The van der Waals surface area contributed by atoms with E-state index in [9.17, 15) is 23.2 Å². The highest BCUT2D eigenvalue weighted by Gasteiger charge is 2.52. The summed E-state index contributed by atoms with van der Waals surface area (Å²) in [7, 11) is 1.65. The van der Waals surface area contributed by atoms with Crippen molar-refractivity contribution in [1.82, 2.24) is 14.8 Å². The van der Waals surface area contributed by atoms with E-state index >= 15 is 0 Å².